The molecule has 1 atom stereocenters. The standard InChI is InChI=1S/C12H13ClN2O/c1-8-9(4-3-5-10(8)13)12(16)11-6-7-14-15(11)2/h3-7,12,16H,1-2H3. The summed E-state index contributed by atoms with van der Waals surface area (Å²) in [6, 6.07) is 7.32. The Hall–Kier alpha value is -1.32. The first-order valence-electron chi connectivity index (χ1n) is 5.02. The number of rotatable bonds is 2. The van der Waals surface area contributed by atoms with E-state index in [0.717, 1.165) is 16.8 Å². The molecule has 1 N–H and O–H groups in total. The molecule has 16 heavy (non-hydrogen) atoms. The van der Waals surface area contributed by atoms with Gasteiger partial charge in [0.25, 0.3) is 0 Å². The molecule has 0 saturated carbocycles. The van der Waals surface area contributed by atoms with Crippen LogP contribution in [0.1, 0.15) is 22.9 Å². The van der Waals surface area contributed by atoms with E-state index < -0.39 is 6.10 Å². The third-order valence-corrected chi connectivity index (χ3v) is 3.15. The molecule has 0 fully saturated rings. The molecule has 1 aromatic heterocycles. The highest BCUT2D eigenvalue weighted by Crippen LogP contribution is 2.28. The quantitative estimate of drug-likeness (QED) is 0.870. The van der Waals surface area contributed by atoms with Crippen molar-refractivity contribution in [3.63, 3.8) is 0 Å². The number of nitrogens with zero attached hydrogens (tertiary/aromatic N) is 2. The molecule has 0 saturated heterocycles. The van der Waals surface area contributed by atoms with Crippen LogP contribution in [0.2, 0.25) is 5.02 Å². The Labute approximate surface area is 99.3 Å². The number of aromatic nitrogens is 2. The van der Waals surface area contributed by atoms with Crippen molar-refractivity contribution in [2.45, 2.75) is 13.0 Å². The molecule has 1 heterocycles. The number of aliphatic hydroxyl groups is 1. The van der Waals surface area contributed by atoms with E-state index in [9.17, 15) is 5.11 Å². The van der Waals surface area contributed by atoms with Crippen molar-refractivity contribution >= 4 is 11.6 Å². The predicted molar refractivity (Wildman–Crippen MR) is 63.5 cm³/mol. The van der Waals surface area contributed by atoms with Crippen LogP contribution in [0.5, 0.6) is 0 Å². The van der Waals surface area contributed by atoms with Gasteiger partial charge >= 0.3 is 0 Å². The van der Waals surface area contributed by atoms with Crippen LogP contribution in [-0.2, 0) is 7.05 Å². The first-order valence-corrected chi connectivity index (χ1v) is 5.40. The van der Waals surface area contributed by atoms with Crippen LogP contribution in [0.25, 0.3) is 0 Å². The lowest BCUT2D eigenvalue weighted by Crippen LogP contribution is -2.08. The molecule has 0 aliphatic rings. The van der Waals surface area contributed by atoms with E-state index in [1.807, 2.05) is 25.1 Å². The number of hydrogen-bond acceptors (Lipinski definition) is 2. The van der Waals surface area contributed by atoms with Crippen molar-refractivity contribution in [3.05, 3.63) is 52.3 Å². The lowest BCUT2D eigenvalue weighted by molar-refractivity contribution is 0.209. The lowest BCUT2D eigenvalue weighted by Gasteiger charge is -2.14. The molecule has 2 aromatic rings. The average Bonchev–Trinajstić information content (AvgIpc) is 2.68. The molecule has 2 rings (SSSR count). The second kappa shape index (κ2) is 4.28. The summed E-state index contributed by atoms with van der Waals surface area (Å²) in [5.41, 5.74) is 2.47. The smallest absolute Gasteiger partial charge is 0.121 e. The summed E-state index contributed by atoms with van der Waals surface area (Å²) < 4.78 is 1.66. The minimum absolute atomic E-state index is 0.665. The molecular weight excluding hydrogens is 224 g/mol. The van der Waals surface area contributed by atoms with Crippen molar-refractivity contribution in [2.24, 2.45) is 7.05 Å². The maximum absolute atomic E-state index is 10.2. The maximum atomic E-state index is 10.2. The number of hydrogen-bond donors (Lipinski definition) is 1. The lowest BCUT2D eigenvalue weighted by atomic mass is 10.0. The summed E-state index contributed by atoms with van der Waals surface area (Å²) in [5, 5.41) is 15.0. The van der Waals surface area contributed by atoms with Gasteiger partial charge in [0.15, 0.2) is 0 Å². The van der Waals surface area contributed by atoms with Crippen LogP contribution < -0.4 is 0 Å². The minimum atomic E-state index is -0.689. The fourth-order valence-electron chi connectivity index (χ4n) is 1.73. The molecule has 1 unspecified atom stereocenters. The van der Waals surface area contributed by atoms with Crippen molar-refractivity contribution in [1.82, 2.24) is 9.78 Å². The normalized spacial score (nSPS) is 12.8. The van der Waals surface area contributed by atoms with E-state index >= 15 is 0 Å². The van der Waals surface area contributed by atoms with Gasteiger partial charge in [-0.05, 0) is 30.2 Å². The largest absolute Gasteiger partial charge is 0.382 e. The Bertz CT molecular complexity index is 507. The van der Waals surface area contributed by atoms with E-state index in [2.05, 4.69) is 5.10 Å². The summed E-state index contributed by atoms with van der Waals surface area (Å²) in [5.74, 6) is 0. The van der Waals surface area contributed by atoms with Crippen LogP contribution in [0, 0.1) is 6.92 Å². The maximum Gasteiger partial charge on any atom is 0.121 e. The highest BCUT2D eigenvalue weighted by Gasteiger charge is 2.16. The Morgan fingerprint density at radius 1 is 1.38 bits per heavy atom. The second-order valence-corrected chi connectivity index (χ2v) is 4.14. The topological polar surface area (TPSA) is 38.1 Å². The van der Waals surface area contributed by atoms with Gasteiger partial charge in [0, 0.05) is 18.3 Å². The van der Waals surface area contributed by atoms with E-state index in [1.165, 1.54) is 0 Å². The summed E-state index contributed by atoms with van der Waals surface area (Å²) in [7, 11) is 1.80. The third-order valence-electron chi connectivity index (χ3n) is 2.74. The van der Waals surface area contributed by atoms with Crippen LogP contribution in [0.15, 0.2) is 30.5 Å². The van der Waals surface area contributed by atoms with E-state index in [-0.39, 0.29) is 0 Å². The fourth-order valence-corrected chi connectivity index (χ4v) is 1.91. The van der Waals surface area contributed by atoms with Gasteiger partial charge in [-0.3, -0.25) is 4.68 Å². The molecule has 0 radical (unpaired) electrons. The van der Waals surface area contributed by atoms with Crippen LogP contribution in [0.3, 0.4) is 0 Å². The molecule has 3 nitrogen and oxygen atoms in total. The van der Waals surface area contributed by atoms with Crippen molar-refractivity contribution in [1.29, 1.82) is 0 Å². The molecule has 0 aliphatic carbocycles. The summed E-state index contributed by atoms with van der Waals surface area (Å²) in [4.78, 5) is 0. The summed E-state index contributed by atoms with van der Waals surface area (Å²) in [6.07, 6.45) is 0.976. The van der Waals surface area contributed by atoms with Gasteiger partial charge in [0.05, 0.1) is 5.69 Å². The average molecular weight is 237 g/mol. The molecule has 0 bridgehead atoms. The minimum Gasteiger partial charge on any atom is -0.382 e. The number of aryl methyl sites for hydroxylation is 1. The molecule has 1 aromatic carbocycles. The molecule has 0 amide bonds. The zero-order valence-corrected chi connectivity index (χ0v) is 9.94. The Morgan fingerprint density at radius 3 is 2.75 bits per heavy atom. The van der Waals surface area contributed by atoms with E-state index in [4.69, 9.17) is 11.6 Å². The first-order chi connectivity index (χ1) is 7.61. The first kappa shape index (κ1) is 11.2. The molecule has 0 aliphatic heterocycles. The summed E-state index contributed by atoms with van der Waals surface area (Å²) in [6.45, 7) is 1.90. The van der Waals surface area contributed by atoms with Crippen LogP contribution in [-0.4, -0.2) is 14.9 Å². The van der Waals surface area contributed by atoms with Crippen molar-refractivity contribution in [3.8, 4) is 0 Å². The Balaban J connectivity index is 2.46. The molecule has 84 valence electrons. The Kier molecular flexibility index (Phi) is 2.99. The van der Waals surface area contributed by atoms with Gasteiger partial charge in [0.1, 0.15) is 6.10 Å². The summed E-state index contributed by atoms with van der Waals surface area (Å²) >= 11 is 6.03. The van der Waals surface area contributed by atoms with Gasteiger partial charge in [-0.25, -0.2) is 0 Å². The molecule has 4 heteroatoms. The monoisotopic (exact) mass is 236 g/mol. The van der Waals surface area contributed by atoms with Gasteiger partial charge in [-0.1, -0.05) is 23.7 Å². The predicted octanol–water partition coefficient (Wildman–Crippen LogP) is 2.46. The second-order valence-electron chi connectivity index (χ2n) is 3.74. The number of benzene rings is 1. The fraction of sp³-hybridized carbons (Fsp3) is 0.250. The van der Waals surface area contributed by atoms with Crippen molar-refractivity contribution in [2.75, 3.05) is 0 Å². The van der Waals surface area contributed by atoms with Gasteiger partial charge < -0.3 is 5.11 Å². The highest BCUT2D eigenvalue weighted by atomic mass is 35.5. The zero-order valence-electron chi connectivity index (χ0n) is 9.18. The van der Waals surface area contributed by atoms with Crippen LogP contribution >= 0.6 is 11.6 Å². The van der Waals surface area contributed by atoms with Crippen molar-refractivity contribution < 1.29 is 5.11 Å². The highest BCUT2D eigenvalue weighted by molar-refractivity contribution is 6.31. The van der Waals surface area contributed by atoms with Gasteiger partial charge in [0.2, 0.25) is 0 Å². The zero-order chi connectivity index (χ0) is 11.7. The molecular formula is C12H13ClN2O. The number of aliphatic hydroxyl groups excluding tert-OH is 1. The number of halogens is 1. The van der Waals surface area contributed by atoms with Gasteiger partial charge in [-0.2, -0.15) is 5.10 Å². The van der Waals surface area contributed by atoms with Crippen LogP contribution in [0.4, 0.5) is 0 Å². The van der Waals surface area contributed by atoms with E-state index in [0.29, 0.717) is 5.02 Å². The van der Waals surface area contributed by atoms with E-state index in [1.54, 1.807) is 24.0 Å². The van der Waals surface area contributed by atoms with Gasteiger partial charge in [-0.15, -0.1) is 0 Å². The third kappa shape index (κ3) is 1.84. The Morgan fingerprint density at radius 2 is 2.12 bits per heavy atom. The SMILES string of the molecule is Cc1c(Cl)cccc1C(O)c1ccnn1C. The molecule has 0 spiro atoms.